The van der Waals surface area contributed by atoms with Gasteiger partial charge in [-0.25, -0.2) is 4.39 Å². The van der Waals surface area contributed by atoms with Crippen molar-refractivity contribution in [2.75, 3.05) is 0 Å². The molecule has 2 rings (SSSR count). The van der Waals surface area contributed by atoms with Gasteiger partial charge in [-0.15, -0.1) is 0 Å². The van der Waals surface area contributed by atoms with Crippen molar-refractivity contribution in [2.24, 2.45) is 0 Å². The number of hydrogen-bond acceptors (Lipinski definition) is 1. The molecule has 0 heterocycles. The molecule has 0 bridgehead atoms. The molecule has 2 heteroatoms. The Labute approximate surface area is 89.6 Å². The number of rotatable bonds is 2. The molecule has 1 aromatic rings. The third kappa shape index (κ3) is 2.38. The Kier molecular flexibility index (Phi) is 3.05. The van der Waals surface area contributed by atoms with Crippen LogP contribution in [0.15, 0.2) is 30.4 Å². The average Bonchev–Trinajstić information content (AvgIpc) is 2.26. The summed E-state index contributed by atoms with van der Waals surface area (Å²) in [5, 5.41) is 0. The highest BCUT2D eigenvalue weighted by Gasteiger charge is 2.13. The Morgan fingerprint density at radius 1 is 1.40 bits per heavy atom. The molecule has 0 radical (unpaired) electrons. The fraction of sp³-hybridized carbons (Fsp3) is 0.385. The second-order valence-electron chi connectivity index (χ2n) is 3.90. The molecule has 0 fully saturated rings. The molecule has 0 aliphatic heterocycles. The van der Waals surface area contributed by atoms with Crippen LogP contribution in [-0.4, -0.2) is 6.10 Å². The number of ether oxygens (including phenoxy) is 1. The van der Waals surface area contributed by atoms with E-state index in [9.17, 15) is 4.39 Å². The largest absolute Gasteiger partial charge is 0.483 e. The molecule has 0 N–H and O–H groups in total. The zero-order valence-electron chi connectivity index (χ0n) is 8.87. The van der Waals surface area contributed by atoms with Crippen LogP contribution in [0.2, 0.25) is 0 Å². The van der Waals surface area contributed by atoms with Crippen molar-refractivity contribution in [1.29, 1.82) is 0 Å². The first-order valence-corrected chi connectivity index (χ1v) is 5.36. The van der Waals surface area contributed by atoms with Gasteiger partial charge in [0.1, 0.15) is 6.10 Å². The van der Waals surface area contributed by atoms with Gasteiger partial charge in [-0.05, 0) is 43.9 Å². The van der Waals surface area contributed by atoms with E-state index in [1.165, 1.54) is 0 Å². The summed E-state index contributed by atoms with van der Waals surface area (Å²) in [4.78, 5) is 0. The fourth-order valence-electron chi connectivity index (χ4n) is 1.75. The third-order valence-corrected chi connectivity index (χ3v) is 2.64. The molecule has 15 heavy (non-hydrogen) atoms. The Morgan fingerprint density at radius 3 is 3.00 bits per heavy atom. The smallest absolute Gasteiger partial charge is 0.167 e. The van der Waals surface area contributed by atoms with Gasteiger partial charge >= 0.3 is 0 Å². The maximum atomic E-state index is 13.6. The van der Waals surface area contributed by atoms with Crippen LogP contribution in [-0.2, 0) is 0 Å². The van der Waals surface area contributed by atoms with Gasteiger partial charge in [0.05, 0.1) is 0 Å². The number of aryl methyl sites for hydroxylation is 1. The summed E-state index contributed by atoms with van der Waals surface area (Å²) < 4.78 is 19.2. The number of benzene rings is 1. The van der Waals surface area contributed by atoms with Crippen LogP contribution >= 0.6 is 0 Å². The summed E-state index contributed by atoms with van der Waals surface area (Å²) >= 11 is 0. The van der Waals surface area contributed by atoms with Crippen LogP contribution < -0.4 is 4.74 Å². The number of halogens is 1. The summed E-state index contributed by atoms with van der Waals surface area (Å²) in [5.41, 5.74) is 0.632. The van der Waals surface area contributed by atoms with Crippen molar-refractivity contribution in [2.45, 2.75) is 32.3 Å². The maximum Gasteiger partial charge on any atom is 0.167 e. The molecular formula is C13H15FO. The molecule has 1 unspecified atom stereocenters. The van der Waals surface area contributed by atoms with Gasteiger partial charge in [0.15, 0.2) is 11.6 Å². The van der Waals surface area contributed by atoms with Crippen molar-refractivity contribution in [1.82, 2.24) is 0 Å². The zero-order valence-corrected chi connectivity index (χ0v) is 8.87. The third-order valence-electron chi connectivity index (χ3n) is 2.64. The highest BCUT2D eigenvalue weighted by atomic mass is 19.1. The molecule has 1 nitrogen and oxygen atoms in total. The Bertz CT molecular complexity index is 371. The van der Waals surface area contributed by atoms with Gasteiger partial charge < -0.3 is 4.74 Å². The lowest BCUT2D eigenvalue weighted by Crippen LogP contribution is -2.16. The van der Waals surface area contributed by atoms with E-state index >= 15 is 0 Å². The standard InChI is InChI=1S/C13H15FO/c1-10-6-5-9-12(13(10)14)15-11-7-3-2-4-8-11/h3,5-7,9,11H,2,4,8H2,1H3. The summed E-state index contributed by atoms with van der Waals surface area (Å²) in [5.74, 6) is 0.128. The molecule has 1 atom stereocenters. The number of hydrogen-bond donors (Lipinski definition) is 0. The lowest BCUT2D eigenvalue weighted by molar-refractivity contribution is 0.219. The first-order valence-electron chi connectivity index (χ1n) is 5.36. The summed E-state index contributed by atoms with van der Waals surface area (Å²) in [6, 6.07) is 5.25. The molecule has 1 aliphatic rings. The van der Waals surface area contributed by atoms with Gasteiger partial charge in [-0.3, -0.25) is 0 Å². The zero-order chi connectivity index (χ0) is 10.7. The molecule has 1 aromatic carbocycles. The van der Waals surface area contributed by atoms with Gasteiger partial charge in [0.25, 0.3) is 0 Å². The fourth-order valence-corrected chi connectivity index (χ4v) is 1.75. The molecular weight excluding hydrogens is 191 g/mol. The van der Waals surface area contributed by atoms with Crippen molar-refractivity contribution in [3.05, 3.63) is 41.7 Å². The van der Waals surface area contributed by atoms with E-state index in [0.29, 0.717) is 11.3 Å². The second-order valence-corrected chi connectivity index (χ2v) is 3.90. The predicted molar refractivity (Wildman–Crippen MR) is 58.5 cm³/mol. The van der Waals surface area contributed by atoms with Crippen LogP contribution in [0.4, 0.5) is 4.39 Å². The molecule has 1 aliphatic carbocycles. The van der Waals surface area contributed by atoms with Gasteiger partial charge in [-0.2, -0.15) is 0 Å². The van der Waals surface area contributed by atoms with Crippen molar-refractivity contribution in [3.8, 4) is 5.75 Å². The van der Waals surface area contributed by atoms with E-state index in [-0.39, 0.29) is 11.9 Å². The van der Waals surface area contributed by atoms with Crippen molar-refractivity contribution < 1.29 is 9.13 Å². The van der Waals surface area contributed by atoms with Crippen LogP contribution in [0.25, 0.3) is 0 Å². The highest BCUT2D eigenvalue weighted by molar-refractivity contribution is 5.30. The Balaban J connectivity index is 2.13. The summed E-state index contributed by atoms with van der Waals surface area (Å²) in [6.45, 7) is 1.75. The van der Waals surface area contributed by atoms with Crippen LogP contribution in [0.1, 0.15) is 24.8 Å². The molecule has 0 saturated carbocycles. The van der Waals surface area contributed by atoms with Gasteiger partial charge in [0, 0.05) is 0 Å². The van der Waals surface area contributed by atoms with E-state index in [1.807, 2.05) is 12.1 Å². The molecule has 80 valence electrons. The average molecular weight is 206 g/mol. The van der Waals surface area contributed by atoms with Gasteiger partial charge in [-0.1, -0.05) is 18.2 Å². The van der Waals surface area contributed by atoms with E-state index in [2.05, 4.69) is 6.08 Å². The van der Waals surface area contributed by atoms with E-state index in [1.54, 1.807) is 19.1 Å². The van der Waals surface area contributed by atoms with Crippen molar-refractivity contribution >= 4 is 0 Å². The minimum absolute atomic E-state index is 0.0371. The Hall–Kier alpha value is -1.31. The first kappa shape index (κ1) is 10.2. The molecule has 0 aromatic heterocycles. The van der Waals surface area contributed by atoms with Crippen molar-refractivity contribution in [3.63, 3.8) is 0 Å². The number of allylic oxidation sites excluding steroid dienone is 1. The quantitative estimate of drug-likeness (QED) is 0.671. The molecule has 0 amide bonds. The van der Waals surface area contributed by atoms with Crippen LogP contribution in [0, 0.1) is 12.7 Å². The highest BCUT2D eigenvalue weighted by Crippen LogP contribution is 2.23. The van der Waals surface area contributed by atoms with Gasteiger partial charge in [0.2, 0.25) is 0 Å². The van der Waals surface area contributed by atoms with E-state index in [0.717, 1.165) is 19.3 Å². The maximum absolute atomic E-state index is 13.6. The summed E-state index contributed by atoms with van der Waals surface area (Å²) in [7, 11) is 0. The minimum Gasteiger partial charge on any atom is -0.483 e. The van der Waals surface area contributed by atoms with E-state index < -0.39 is 0 Å². The topological polar surface area (TPSA) is 9.23 Å². The van der Waals surface area contributed by atoms with E-state index in [4.69, 9.17) is 4.74 Å². The Morgan fingerprint density at radius 2 is 2.27 bits per heavy atom. The predicted octanol–water partition coefficient (Wildman–Crippen LogP) is 3.62. The second kappa shape index (κ2) is 4.47. The first-order chi connectivity index (χ1) is 7.27. The van der Waals surface area contributed by atoms with Crippen LogP contribution in [0.5, 0.6) is 5.75 Å². The molecule has 0 saturated heterocycles. The molecule has 0 spiro atoms. The summed E-state index contributed by atoms with van der Waals surface area (Å²) in [6.07, 6.45) is 7.36. The lowest BCUT2D eigenvalue weighted by atomic mass is 10.1. The lowest BCUT2D eigenvalue weighted by Gasteiger charge is -2.19. The van der Waals surface area contributed by atoms with Crippen LogP contribution in [0.3, 0.4) is 0 Å². The monoisotopic (exact) mass is 206 g/mol. The minimum atomic E-state index is -0.239. The SMILES string of the molecule is Cc1cccc(OC2C=CCCC2)c1F. The normalized spacial score (nSPS) is 20.3.